The fourth-order valence-electron chi connectivity index (χ4n) is 1.82. The van der Waals surface area contributed by atoms with Crippen molar-refractivity contribution < 1.29 is 0 Å². The Bertz CT molecular complexity index is 744. The van der Waals surface area contributed by atoms with E-state index in [-0.39, 0.29) is 12.1 Å². The number of hydrogen-bond acceptors (Lipinski definition) is 4. The lowest BCUT2D eigenvalue weighted by atomic mass is 10.3. The first-order valence-electron chi connectivity index (χ1n) is 5.52. The zero-order valence-electron chi connectivity index (χ0n) is 9.50. The second-order valence-corrected chi connectivity index (χ2v) is 3.85. The van der Waals surface area contributed by atoms with E-state index in [1.54, 1.807) is 4.68 Å². The third-order valence-corrected chi connectivity index (χ3v) is 2.68. The summed E-state index contributed by atoms with van der Waals surface area (Å²) >= 11 is 0. The van der Waals surface area contributed by atoms with Gasteiger partial charge in [-0.15, -0.1) is 0 Å². The Morgan fingerprint density at radius 2 is 2.06 bits per heavy atom. The molecule has 1 aromatic carbocycles. The summed E-state index contributed by atoms with van der Waals surface area (Å²) in [5, 5.41) is 4.65. The van der Waals surface area contributed by atoms with Gasteiger partial charge in [-0.05, 0) is 12.1 Å². The molecule has 3 aromatic rings. The Hall–Kier alpha value is -2.47. The molecule has 0 fully saturated rings. The summed E-state index contributed by atoms with van der Waals surface area (Å²) in [5.74, 6) is 0.449. The van der Waals surface area contributed by atoms with Crippen molar-refractivity contribution in [2.45, 2.75) is 6.54 Å². The van der Waals surface area contributed by atoms with Gasteiger partial charge in [0.15, 0.2) is 5.65 Å². The van der Waals surface area contributed by atoms with Crippen LogP contribution in [0.2, 0.25) is 0 Å². The van der Waals surface area contributed by atoms with Crippen molar-refractivity contribution >= 4 is 11.0 Å². The lowest BCUT2D eigenvalue weighted by Crippen LogP contribution is -2.14. The van der Waals surface area contributed by atoms with Gasteiger partial charge in [-0.3, -0.25) is 4.79 Å². The highest BCUT2D eigenvalue weighted by Gasteiger charge is 2.10. The fourth-order valence-corrected chi connectivity index (χ4v) is 1.82. The maximum atomic E-state index is 11.8. The normalized spacial score (nSPS) is 10.9. The van der Waals surface area contributed by atoms with Gasteiger partial charge in [0.1, 0.15) is 11.2 Å². The maximum absolute atomic E-state index is 11.8. The van der Waals surface area contributed by atoms with Gasteiger partial charge in [0.2, 0.25) is 0 Å². The minimum atomic E-state index is -0.220. The van der Waals surface area contributed by atoms with E-state index < -0.39 is 0 Å². The Morgan fingerprint density at radius 1 is 1.28 bits per heavy atom. The summed E-state index contributed by atoms with van der Waals surface area (Å²) in [5.41, 5.74) is 6.66. The quantitative estimate of drug-likeness (QED) is 0.686. The zero-order valence-corrected chi connectivity index (χ0v) is 9.50. The Kier molecular flexibility index (Phi) is 2.42. The molecule has 0 radical (unpaired) electrons. The zero-order chi connectivity index (χ0) is 12.5. The molecule has 0 atom stereocenters. The number of nitrogens with two attached hydrogens (primary N) is 1. The minimum absolute atomic E-state index is 0.186. The van der Waals surface area contributed by atoms with E-state index >= 15 is 0 Å². The third kappa shape index (κ3) is 1.59. The van der Waals surface area contributed by atoms with Crippen LogP contribution in [0.25, 0.3) is 16.7 Å². The lowest BCUT2D eigenvalue weighted by Gasteiger charge is -2.03. The largest absolute Gasteiger partial charge is 0.324 e. The van der Waals surface area contributed by atoms with Gasteiger partial charge in [-0.1, -0.05) is 18.2 Å². The van der Waals surface area contributed by atoms with Gasteiger partial charge in [0.05, 0.1) is 18.4 Å². The summed E-state index contributed by atoms with van der Waals surface area (Å²) in [7, 11) is 0. The first kappa shape index (κ1) is 10.7. The van der Waals surface area contributed by atoms with Crippen molar-refractivity contribution in [2.75, 3.05) is 0 Å². The van der Waals surface area contributed by atoms with Crippen LogP contribution in [0.4, 0.5) is 0 Å². The standard InChI is InChI=1S/C12H11N5O/c13-6-10-15-11-9(12(18)16-10)7-14-17(11)8-4-2-1-3-5-8/h1-5,7H,6,13H2,(H,15,16,18). The first-order valence-corrected chi connectivity index (χ1v) is 5.52. The number of nitrogens with zero attached hydrogens (tertiary/aromatic N) is 3. The van der Waals surface area contributed by atoms with Crippen molar-refractivity contribution in [1.29, 1.82) is 0 Å². The fraction of sp³-hybridized carbons (Fsp3) is 0.0833. The van der Waals surface area contributed by atoms with Crippen molar-refractivity contribution in [3.63, 3.8) is 0 Å². The lowest BCUT2D eigenvalue weighted by molar-refractivity contribution is 0.864. The number of para-hydroxylation sites is 1. The third-order valence-electron chi connectivity index (χ3n) is 2.68. The number of rotatable bonds is 2. The van der Waals surface area contributed by atoms with Crippen LogP contribution in [0.1, 0.15) is 5.82 Å². The summed E-state index contributed by atoms with van der Waals surface area (Å²) in [6.45, 7) is 0.186. The molecule has 3 N–H and O–H groups in total. The summed E-state index contributed by atoms with van der Waals surface area (Å²) in [6, 6.07) is 9.52. The second-order valence-electron chi connectivity index (χ2n) is 3.85. The maximum Gasteiger partial charge on any atom is 0.262 e. The van der Waals surface area contributed by atoms with E-state index in [9.17, 15) is 4.79 Å². The van der Waals surface area contributed by atoms with Gasteiger partial charge < -0.3 is 10.7 Å². The molecule has 3 rings (SSSR count). The van der Waals surface area contributed by atoms with Gasteiger partial charge in [-0.2, -0.15) is 5.10 Å². The van der Waals surface area contributed by atoms with Crippen LogP contribution in [0.15, 0.2) is 41.3 Å². The second kappa shape index (κ2) is 4.08. The summed E-state index contributed by atoms with van der Waals surface area (Å²) in [6.07, 6.45) is 1.51. The van der Waals surface area contributed by atoms with Gasteiger partial charge in [0.25, 0.3) is 5.56 Å². The van der Waals surface area contributed by atoms with Gasteiger partial charge in [-0.25, -0.2) is 9.67 Å². The molecular formula is C12H11N5O. The van der Waals surface area contributed by atoms with Crippen molar-refractivity contribution in [1.82, 2.24) is 19.7 Å². The van der Waals surface area contributed by atoms with E-state index in [4.69, 9.17) is 5.73 Å². The predicted molar refractivity (Wildman–Crippen MR) is 67.4 cm³/mol. The van der Waals surface area contributed by atoms with Crippen molar-refractivity contribution in [3.8, 4) is 5.69 Å². The highest BCUT2D eigenvalue weighted by Crippen LogP contribution is 2.13. The molecule has 0 saturated heterocycles. The number of benzene rings is 1. The number of aromatic nitrogens is 4. The van der Waals surface area contributed by atoms with E-state index in [0.29, 0.717) is 16.9 Å². The smallest absolute Gasteiger partial charge is 0.262 e. The number of hydrogen-bond donors (Lipinski definition) is 2. The molecular weight excluding hydrogens is 230 g/mol. The average molecular weight is 241 g/mol. The van der Waals surface area contributed by atoms with E-state index in [1.807, 2.05) is 30.3 Å². The Morgan fingerprint density at radius 3 is 2.78 bits per heavy atom. The molecule has 90 valence electrons. The molecule has 18 heavy (non-hydrogen) atoms. The molecule has 6 heteroatoms. The van der Waals surface area contributed by atoms with Crippen LogP contribution < -0.4 is 11.3 Å². The minimum Gasteiger partial charge on any atom is -0.324 e. The number of aromatic amines is 1. The molecule has 2 aromatic heterocycles. The van der Waals surface area contributed by atoms with Crippen LogP contribution in [0, 0.1) is 0 Å². The van der Waals surface area contributed by atoms with Gasteiger partial charge >= 0.3 is 0 Å². The summed E-state index contributed by atoms with van der Waals surface area (Å²) in [4.78, 5) is 18.7. The molecule has 0 aliphatic carbocycles. The first-order chi connectivity index (χ1) is 8.79. The number of nitrogens with one attached hydrogen (secondary N) is 1. The molecule has 0 aliphatic heterocycles. The monoisotopic (exact) mass is 241 g/mol. The van der Waals surface area contributed by atoms with E-state index in [2.05, 4.69) is 15.1 Å². The van der Waals surface area contributed by atoms with Crippen LogP contribution in [0.5, 0.6) is 0 Å². The highest BCUT2D eigenvalue weighted by molar-refractivity contribution is 5.75. The van der Waals surface area contributed by atoms with Crippen molar-refractivity contribution in [2.24, 2.45) is 5.73 Å². The molecule has 6 nitrogen and oxygen atoms in total. The van der Waals surface area contributed by atoms with Crippen LogP contribution in [-0.4, -0.2) is 19.7 Å². The Balaban J connectivity index is 2.32. The average Bonchev–Trinajstić information content (AvgIpc) is 2.84. The van der Waals surface area contributed by atoms with Crippen molar-refractivity contribution in [3.05, 3.63) is 52.7 Å². The van der Waals surface area contributed by atoms with E-state index in [0.717, 1.165) is 5.69 Å². The predicted octanol–water partition coefficient (Wildman–Crippen LogP) is 0.567. The molecule has 0 saturated carbocycles. The summed E-state index contributed by atoms with van der Waals surface area (Å²) < 4.78 is 1.63. The Labute approximate surface area is 102 Å². The molecule has 0 bridgehead atoms. The molecule has 2 heterocycles. The number of fused-ring (bicyclic) bond motifs is 1. The molecule has 0 amide bonds. The SMILES string of the molecule is NCc1nc2c(cnn2-c2ccccc2)c(=O)[nH]1. The van der Waals surface area contributed by atoms with Gasteiger partial charge in [0, 0.05) is 0 Å². The van der Waals surface area contributed by atoms with Crippen LogP contribution in [0.3, 0.4) is 0 Å². The molecule has 0 spiro atoms. The van der Waals surface area contributed by atoms with E-state index in [1.165, 1.54) is 6.20 Å². The van der Waals surface area contributed by atoms with Crippen LogP contribution in [-0.2, 0) is 6.54 Å². The highest BCUT2D eigenvalue weighted by atomic mass is 16.1. The molecule has 0 aliphatic rings. The topological polar surface area (TPSA) is 89.6 Å². The molecule has 0 unspecified atom stereocenters. The number of H-pyrrole nitrogens is 1. The van der Waals surface area contributed by atoms with Crippen LogP contribution >= 0.6 is 0 Å².